The van der Waals surface area contributed by atoms with Crippen molar-refractivity contribution in [1.82, 2.24) is 5.32 Å². The summed E-state index contributed by atoms with van der Waals surface area (Å²) in [6, 6.07) is -0.869. The van der Waals surface area contributed by atoms with E-state index >= 15 is 0 Å². The van der Waals surface area contributed by atoms with Crippen LogP contribution in [0.4, 0.5) is 0 Å². The highest BCUT2D eigenvalue weighted by molar-refractivity contribution is 7.47. The molecule has 0 aliphatic heterocycles. The van der Waals surface area contributed by atoms with Gasteiger partial charge in [-0.3, -0.25) is 13.8 Å². The number of quaternary nitrogens is 1. The average molecular weight is 1060 g/mol. The van der Waals surface area contributed by atoms with Crippen LogP contribution in [0.1, 0.15) is 271 Å². The maximum Gasteiger partial charge on any atom is 0.472 e. The number of hydrogen-bond donors (Lipinski definition) is 3. The van der Waals surface area contributed by atoms with Crippen LogP contribution in [0.15, 0.2) is 85.1 Å². The van der Waals surface area contributed by atoms with Gasteiger partial charge < -0.3 is 19.8 Å². The van der Waals surface area contributed by atoms with Gasteiger partial charge in [0.1, 0.15) is 13.2 Å². The molecule has 0 aliphatic carbocycles. The molecule has 8 nitrogen and oxygen atoms in total. The van der Waals surface area contributed by atoms with Crippen molar-refractivity contribution < 1.29 is 32.9 Å². The second-order valence-corrected chi connectivity index (χ2v) is 23.5. The number of phosphoric ester groups is 1. The van der Waals surface area contributed by atoms with Crippen molar-refractivity contribution in [1.29, 1.82) is 0 Å². The molecule has 9 heteroatoms. The summed E-state index contributed by atoms with van der Waals surface area (Å²) in [4.78, 5) is 23.3. The third kappa shape index (κ3) is 57.4. The highest BCUT2D eigenvalue weighted by Gasteiger charge is 2.27. The van der Waals surface area contributed by atoms with Crippen molar-refractivity contribution in [3.8, 4) is 0 Å². The maximum atomic E-state index is 13.0. The normalized spacial score (nSPS) is 14.4. The minimum Gasteiger partial charge on any atom is -0.387 e. The summed E-state index contributed by atoms with van der Waals surface area (Å²) in [6.07, 6.45) is 78.4. The number of phosphoric acid groups is 1. The number of amides is 1. The smallest absolute Gasteiger partial charge is 0.387 e. The van der Waals surface area contributed by atoms with Gasteiger partial charge >= 0.3 is 7.82 Å². The highest BCUT2D eigenvalue weighted by atomic mass is 31.2. The molecule has 0 heterocycles. The van der Waals surface area contributed by atoms with Crippen molar-refractivity contribution in [3.63, 3.8) is 0 Å². The first-order valence-electron chi connectivity index (χ1n) is 31.0. The minimum atomic E-state index is -4.36. The zero-order valence-electron chi connectivity index (χ0n) is 49.1. The number of allylic oxidation sites excluding steroid dienone is 13. The predicted octanol–water partition coefficient (Wildman–Crippen LogP) is 19.2. The van der Waals surface area contributed by atoms with E-state index in [0.29, 0.717) is 17.4 Å². The number of carbonyl (C=O) groups excluding carboxylic acids is 1. The van der Waals surface area contributed by atoms with Crippen LogP contribution in [0.2, 0.25) is 0 Å². The average Bonchev–Trinajstić information content (AvgIpc) is 3.36. The fourth-order valence-electron chi connectivity index (χ4n) is 8.79. The summed E-state index contributed by atoms with van der Waals surface area (Å²) in [5, 5.41) is 13.9. The summed E-state index contributed by atoms with van der Waals surface area (Å²) in [6.45, 7) is 4.70. The maximum absolute atomic E-state index is 13.0. The van der Waals surface area contributed by atoms with Gasteiger partial charge in [0.05, 0.1) is 39.9 Å². The first kappa shape index (κ1) is 71.7. The Bertz CT molecular complexity index is 1480. The highest BCUT2D eigenvalue weighted by Crippen LogP contribution is 2.43. The van der Waals surface area contributed by atoms with Crippen molar-refractivity contribution in [2.24, 2.45) is 0 Å². The van der Waals surface area contributed by atoms with Gasteiger partial charge in [0.25, 0.3) is 0 Å². The lowest BCUT2D eigenvalue weighted by atomic mass is 10.0. The second kappa shape index (κ2) is 55.4. The lowest BCUT2D eigenvalue weighted by Crippen LogP contribution is -2.45. The van der Waals surface area contributed by atoms with Crippen LogP contribution in [0.5, 0.6) is 0 Å². The standard InChI is InChI=1S/C65H119N2O6P/c1-6-8-10-12-14-16-18-20-22-24-26-28-30-31-32-33-34-35-37-39-41-43-45-47-49-51-53-55-57-59-65(69)66-63(62-73-74(70,71)72-61-60-67(3,4)5)64(68)58-56-54-52-50-48-46-44-42-40-38-36-29-27-25-23-21-19-17-15-13-11-9-7-2/h8,10,14,16,20,22,26,28,31-32,48,50,56,58,63-64,68H,6-7,9,11-13,15,17-19,21,23-25,27,29-30,33-47,49,51-55,57,59-62H2,1-5H3,(H-,66,69,70,71)/p+1/b10-8-,16-14-,22-20-,28-26-,32-31-,50-48+,58-56+. The Labute approximate surface area is 458 Å². The van der Waals surface area contributed by atoms with E-state index < -0.39 is 20.0 Å². The molecule has 3 N–H and O–H groups in total. The van der Waals surface area contributed by atoms with E-state index in [0.717, 1.165) is 70.6 Å². The summed E-state index contributed by atoms with van der Waals surface area (Å²) < 4.78 is 23.7. The first-order chi connectivity index (χ1) is 36.0. The van der Waals surface area contributed by atoms with Gasteiger partial charge in [-0.2, -0.15) is 0 Å². The van der Waals surface area contributed by atoms with Crippen LogP contribution in [-0.4, -0.2) is 73.4 Å². The van der Waals surface area contributed by atoms with Crippen LogP contribution in [-0.2, 0) is 18.4 Å². The van der Waals surface area contributed by atoms with Crippen LogP contribution in [0.3, 0.4) is 0 Å². The molecular weight excluding hydrogens is 936 g/mol. The van der Waals surface area contributed by atoms with Crippen LogP contribution < -0.4 is 5.32 Å². The number of hydrogen-bond acceptors (Lipinski definition) is 5. The van der Waals surface area contributed by atoms with Crippen LogP contribution >= 0.6 is 7.82 Å². The number of nitrogens with zero attached hydrogens (tertiary/aromatic N) is 1. The topological polar surface area (TPSA) is 105 Å². The molecular formula is C65H120N2O6P+. The summed E-state index contributed by atoms with van der Waals surface area (Å²) in [7, 11) is 1.55. The first-order valence-corrected chi connectivity index (χ1v) is 32.5. The SMILES string of the molecule is CC/C=C\C/C=C\C/C=C\C/C=C\C/C=C\CCCCCCCCCCCCCCCC(=O)NC(COP(=O)(O)OCC[N+](C)(C)C)C(O)/C=C/CC/C=C/CCCCCCCCCCCCCCCCCCC. The molecule has 0 aliphatic rings. The molecule has 3 unspecified atom stereocenters. The second-order valence-electron chi connectivity index (χ2n) is 22.0. The van der Waals surface area contributed by atoms with Crippen molar-refractivity contribution in [2.75, 3.05) is 40.9 Å². The molecule has 74 heavy (non-hydrogen) atoms. The molecule has 0 bridgehead atoms. The number of rotatable bonds is 56. The molecule has 0 aromatic rings. The quantitative estimate of drug-likeness (QED) is 0.0243. The molecule has 430 valence electrons. The van der Waals surface area contributed by atoms with Crippen molar-refractivity contribution in [2.45, 2.75) is 283 Å². The van der Waals surface area contributed by atoms with Gasteiger partial charge in [-0.15, -0.1) is 0 Å². The zero-order chi connectivity index (χ0) is 54.2. The molecule has 0 aromatic carbocycles. The summed E-state index contributed by atoms with van der Waals surface area (Å²) >= 11 is 0. The van der Waals surface area contributed by atoms with E-state index in [9.17, 15) is 19.4 Å². The number of carbonyl (C=O) groups is 1. The predicted molar refractivity (Wildman–Crippen MR) is 323 cm³/mol. The molecule has 0 saturated carbocycles. The Morgan fingerprint density at radius 2 is 0.824 bits per heavy atom. The molecule has 0 aromatic heterocycles. The van der Waals surface area contributed by atoms with E-state index in [1.165, 1.54) is 180 Å². The fraction of sp³-hybridized carbons (Fsp3) is 0.769. The van der Waals surface area contributed by atoms with Gasteiger partial charge in [-0.1, -0.05) is 272 Å². The fourth-order valence-corrected chi connectivity index (χ4v) is 9.53. The lowest BCUT2D eigenvalue weighted by Gasteiger charge is -2.25. The number of unbranched alkanes of at least 4 members (excludes halogenated alkanes) is 31. The largest absolute Gasteiger partial charge is 0.472 e. The third-order valence-corrected chi connectivity index (χ3v) is 14.6. The van der Waals surface area contributed by atoms with E-state index in [1.807, 2.05) is 27.2 Å². The van der Waals surface area contributed by atoms with Gasteiger partial charge in [0.2, 0.25) is 5.91 Å². The Morgan fingerprint density at radius 3 is 1.24 bits per heavy atom. The Morgan fingerprint density at radius 1 is 0.473 bits per heavy atom. The number of aliphatic hydroxyl groups is 1. The van der Waals surface area contributed by atoms with Crippen molar-refractivity contribution >= 4 is 13.7 Å². The van der Waals surface area contributed by atoms with Crippen LogP contribution in [0.25, 0.3) is 0 Å². The third-order valence-electron chi connectivity index (χ3n) is 13.6. The number of likely N-dealkylation sites (N-methyl/N-ethyl adjacent to an activating group) is 1. The minimum absolute atomic E-state index is 0.0533. The molecule has 1 amide bonds. The monoisotopic (exact) mass is 1060 g/mol. The van der Waals surface area contributed by atoms with Gasteiger partial charge in [-0.05, 0) is 77.0 Å². The van der Waals surface area contributed by atoms with E-state index in [2.05, 4.69) is 92.1 Å². The molecule has 0 radical (unpaired) electrons. The van der Waals surface area contributed by atoms with E-state index in [4.69, 9.17) is 9.05 Å². The summed E-state index contributed by atoms with van der Waals surface area (Å²) in [5.41, 5.74) is 0. The lowest BCUT2D eigenvalue weighted by molar-refractivity contribution is -0.870. The summed E-state index contributed by atoms with van der Waals surface area (Å²) in [5.74, 6) is -0.189. The Kier molecular flexibility index (Phi) is 53.7. The number of aliphatic hydroxyl groups excluding tert-OH is 1. The molecule has 0 spiro atoms. The number of nitrogens with one attached hydrogen (secondary N) is 1. The molecule has 0 saturated heterocycles. The van der Waals surface area contributed by atoms with Gasteiger partial charge in [0.15, 0.2) is 0 Å². The van der Waals surface area contributed by atoms with Crippen LogP contribution in [0, 0.1) is 0 Å². The van der Waals surface area contributed by atoms with Crippen molar-refractivity contribution in [3.05, 3.63) is 85.1 Å². The van der Waals surface area contributed by atoms with E-state index in [-0.39, 0.29) is 19.1 Å². The molecule has 3 atom stereocenters. The molecule has 0 fully saturated rings. The molecule has 0 rings (SSSR count). The Hall–Kier alpha value is -2.32. The zero-order valence-corrected chi connectivity index (χ0v) is 50.0. The Balaban J connectivity index is 4.20. The van der Waals surface area contributed by atoms with E-state index in [1.54, 1.807) is 6.08 Å². The van der Waals surface area contributed by atoms with Gasteiger partial charge in [0, 0.05) is 6.42 Å². The van der Waals surface area contributed by atoms with Gasteiger partial charge in [-0.25, -0.2) is 4.57 Å².